The van der Waals surface area contributed by atoms with Crippen LogP contribution in [0, 0.1) is 0 Å². The quantitative estimate of drug-likeness (QED) is 0.370. The molecular weight excluding hydrogens is 439 g/mol. The van der Waals surface area contributed by atoms with Gasteiger partial charge in [-0.1, -0.05) is 40.2 Å². The highest BCUT2D eigenvalue weighted by molar-refractivity contribution is 9.10. The molecule has 3 nitrogen and oxygen atoms in total. The molecule has 4 aromatic rings. The van der Waals surface area contributed by atoms with Gasteiger partial charge in [0.1, 0.15) is 17.0 Å². The smallest absolute Gasteiger partial charge is 0.339 e. The highest BCUT2D eigenvalue weighted by Gasteiger charge is 2.33. The Bertz CT molecular complexity index is 1110. The Morgan fingerprint density at radius 3 is 2.44 bits per heavy atom. The van der Waals surface area contributed by atoms with E-state index in [4.69, 9.17) is 0 Å². The van der Waals surface area contributed by atoms with E-state index in [9.17, 15) is 13.2 Å². The first-order valence-electron chi connectivity index (χ1n) is 7.85. The van der Waals surface area contributed by atoms with Gasteiger partial charge in [-0.3, -0.25) is 0 Å². The maximum Gasteiger partial charge on any atom is 0.418 e. The predicted octanol–water partition coefficient (Wildman–Crippen LogP) is 6.88. The standard InChI is InChI=1S/C19H11BrF3N3S/c20-12-7-5-11(6-8-12)13-9-27-18-16(13)17(24-10-25-18)26-15-4-2-1-3-14(15)19(21,22)23/h1-10H,(H,24,25,26). The molecule has 8 heteroatoms. The van der Waals surface area contributed by atoms with Crippen LogP contribution in [0.4, 0.5) is 24.7 Å². The van der Waals surface area contributed by atoms with Crippen molar-refractivity contribution in [1.29, 1.82) is 0 Å². The molecule has 2 aromatic carbocycles. The molecule has 0 atom stereocenters. The highest BCUT2D eigenvalue weighted by atomic mass is 79.9. The summed E-state index contributed by atoms with van der Waals surface area (Å²) in [4.78, 5) is 9.17. The number of hydrogen-bond acceptors (Lipinski definition) is 4. The van der Waals surface area contributed by atoms with Crippen molar-refractivity contribution in [2.45, 2.75) is 6.18 Å². The molecule has 0 aliphatic heterocycles. The van der Waals surface area contributed by atoms with Gasteiger partial charge in [0.25, 0.3) is 0 Å². The number of fused-ring (bicyclic) bond motifs is 1. The number of nitrogens with zero attached hydrogens (tertiary/aromatic N) is 2. The van der Waals surface area contributed by atoms with Crippen molar-refractivity contribution in [3.63, 3.8) is 0 Å². The minimum Gasteiger partial charge on any atom is -0.339 e. The minimum atomic E-state index is -4.46. The van der Waals surface area contributed by atoms with E-state index in [1.807, 2.05) is 29.6 Å². The Balaban J connectivity index is 1.84. The second-order valence-electron chi connectivity index (χ2n) is 5.73. The molecule has 0 unspecified atom stereocenters. The van der Waals surface area contributed by atoms with Crippen LogP contribution in [0.3, 0.4) is 0 Å². The van der Waals surface area contributed by atoms with Gasteiger partial charge in [0.15, 0.2) is 0 Å². The topological polar surface area (TPSA) is 37.8 Å². The average Bonchev–Trinajstić information content (AvgIpc) is 3.07. The normalized spacial score (nSPS) is 11.7. The van der Waals surface area contributed by atoms with Crippen molar-refractivity contribution in [2.24, 2.45) is 0 Å². The van der Waals surface area contributed by atoms with Gasteiger partial charge >= 0.3 is 6.18 Å². The SMILES string of the molecule is FC(F)(F)c1ccccc1Nc1ncnc2scc(-c3ccc(Br)cc3)c12. The summed E-state index contributed by atoms with van der Waals surface area (Å²) in [5.41, 5.74) is 1.02. The number of nitrogens with one attached hydrogen (secondary N) is 1. The van der Waals surface area contributed by atoms with E-state index < -0.39 is 11.7 Å². The molecule has 136 valence electrons. The summed E-state index contributed by atoms with van der Waals surface area (Å²) in [6.45, 7) is 0. The maximum atomic E-state index is 13.3. The molecule has 0 saturated heterocycles. The maximum absolute atomic E-state index is 13.3. The van der Waals surface area contributed by atoms with Gasteiger partial charge < -0.3 is 5.32 Å². The fourth-order valence-corrected chi connectivity index (χ4v) is 3.96. The van der Waals surface area contributed by atoms with Crippen molar-refractivity contribution in [3.8, 4) is 11.1 Å². The summed E-state index contributed by atoms with van der Waals surface area (Å²) in [5.74, 6) is 0.343. The lowest BCUT2D eigenvalue weighted by Gasteiger charge is -2.14. The van der Waals surface area contributed by atoms with Crippen LogP contribution in [-0.4, -0.2) is 9.97 Å². The zero-order chi connectivity index (χ0) is 19.0. The molecule has 0 bridgehead atoms. The molecule has 1 N–H and O–H groups in total. The molecular formula is C19H11BrF3N3S. The van der Waals surface area contributed by atoms with Gasteiger partial charge in [-0.25, -0.2) is 9.97 Å². The first-order chi connectivity index (χ1) is 12.9. The average molecular weight is 450 g/mol. The number of aromatic nitrogens is 2. The van der Waals surface area contributed by atoms with E-state index >= 15 is 0 Å². The summed E-state index contributed by atoms with van der Waals surface area (Å²) < 4.78 is 40.9. The third-order valence-electron chi connectivity index (χ3n) is 4.01. The van der Waals surface area contributed by atoms with Crippen LogP contribution in [0.2, 0.25) is 0 Å². The van der Waals surface area contributed by atoms with Gasteiger partial charge in [0, 0.05) is 15.4 Å². The van der Waals surface area contributed by atoms with Crippen molar-refractivity contribution < 1.29 is 13.2 Å². The Morgan fingerprint density at radius 1 is 0.963 bits per heavy atom. The number of benzene rings is 2. The molecule has 0 spiro atoms. The van der Waals surface area contributed by atoms with Crippen LogP contribution in [0.1, 0.15) is 5.56 Å². The molecule has 0 amide bonds. The number of anilines is 2. The zero-order valence-electron chi connectivity index (χ0n) is 13.6. The number of hydrogen-bond donors (Lipinski definition) is 1. The van der Waals surface area contributed by atoms with Gasteiger partial charge in [-0.05, 0) is 29.8 Å². The predicted molar refractivity (Wildman–Crippen MR) is 105 cm³/mol. The Kier molecular flexibility index (Phi) is 4.61. The van der Waals surface area contributed by atoms with Crippen molar-refractivity contribution in [2.75, 3.05) is 5.32 Å². The van der Waals surface area contributed by atoms with E-state index in [1.165, 1.54) is 29.8 Å². The van der Waals surface area contributed by atoms with Gasteiger partial charge in [-0.2, -0.15) is 13.2 Å². The van der Waals surface area contributed by atoms with E-state index in [2.05, 4.69) is 31.2 Å². The van der Waals surface area contributed by atoms with Gasteiger partial charge in [0.2, 0.25) is 0 Å². The molecule has 27 heavy (non-hydrogen) atoms. The van der Waals surface area contributed by atoms with E-state index in [1.54, 1.807) is 6.07 Å². The van der Waals surface area contributed by atoms with Crippen molar-refractivity contribution >= 4 is 49.0 Å². The highest BCUT2D eigenvalue weighted by Crippen LogP contribution is 2.40. The number of thiophene rings is 1. The summed E-state index contributed by atoms with van der Waals surface area (Å²) in [5, 5.41) is 5.49. The van der Waals surface area contributed by atoms with Crippen LogP contribution in [0.5, 0.6) is 0 Å². The largest absolute Gasteiger partial charge is 0.418 e. The molecule has 0 aliphatic carbocycles. The summed E-state index contributed by atoms with van der Waals surface area (Å²) in [6.07, 6.45) is -3.11. The fraction of sp³-hybridized carbons (Fsp3) is 0.0526. The Morgan fingerprint density at radius 2 is 1.70 bits per heavy atom. The Hall–Kier alpha value is -2.45. The third kappa shape index (κ3) is 3.54. The lowest BCUT2D eigenvalue weighted by atomic mass is 10.1. The second kappa shape index (κ2) is 6.94. The molecule has 0 saturated carbocycles. The van der Waals surface area contributed by atoms with Crippen LogP contribution < -0.4 is 5.32 Å². The van der Waals surface area contributed by atoms with E-state index in [0.29, 0.717) is 16.0 Å². The molecule has 2 aromatic heterocycles. The molecule has 0 fully saturated rings. The Labute approximate surface area is 165 Å². The summed E-state index contributed by atoms with van der Waals surface area (Å²) >= 11 is 4.83. The van der Waals surface area contributed by atoms with Gasteiger partial charge in [-0.15, -0.1) is 11.3 Å². The van der Waals surface area contributed by atoms with Crippen LogP contribution >= 0.6 is 27.3 Å². The lowest BCUT2D eigenvalue weighted by Crippen LogP contribution is -2.09. The van der Waals surface area contributed by atoms with Crippen molar-refractivity contribution in [1.82, 2.24) is 9.97 Å². The lowest BCUT2D eigenvalue weighted by molar-refractivity contribution is -0.136. The molecule has 0 aliphatic rings. The van der Waals surface area contributed by atoms with Crippen LogP contribution in [-0.2, 0) is 6.18 Å². The van der Waals surface area contributed by atoms with E-state index in [0.717, 1.165) is 21.7 Å². The molecule has 2 heterocycles. The first-order valence-corrected chi connectivity index (χ1v) is 9.52. The number of halogens is 4. The fourth-order valence-electron chi connectivity index (χ4n) is 2.78. The number of para-hydroxylation sites is 1. The van der Waals surface area contributed by atoms with Crippen molar-refractivity contribution in [3.05, 3.63) is 70.3 Å². The second-order valence-corrected chi connectivity index (χ2v) is 7.50. The zero-order valence-corrected chi connectivity index (χ0v) is 16.0. The summed E-state index contributed by atoms with van der Waals surface area (Å²) in [6, 6.07) is 13.1. The molecule has 0 radical (unpaired) electrons. The monoisotopic (exact) mass is 449 g/mol. The van der Waals surface area contributed by atoms with Crippen LogP contribution in [0.15, 0.2) is 64.7 Å². The van der Waals surface area contributed by atoms with Gasteiger partial charge in [0.05, 0.1) is 16.6 Å². The number of rotatable bonds is 3. The third-order valence-corrected chi connectivity index (χ3v) is 5.43. The summed E-state index contributed by atoms with van der Waals surface area (Å²) in [7, 11) is 0. The molecule has 4 rings (SSSR count). The number of alkyl halides is 3. The first kappa shape index (κ1) is 17.9. The van der Waals surface area contributed by atoms with E-state index in [-0.39, 0.29) is 5.69 Å². The minimum absolute atomic E-state index is 0.0436. The van der Waals surface area contributed by atoms with Crippen LogP contribution in [0.25, 0.3) is 21.3 Å².